The molecule has 0 fully saturated rings. The Kier molecular flexibility index (Phi) is 6.96. The fraction of sp³-hybridized carbons (Fsp3) is 0.440. The molecule has 0 radical (unpaired) electrons. The minimum Gasteiger partial charge on any atom is -0.493 e. The zero-order chi connectivity index (χ0) is 23.5. The van der Waals surface area contributed by atoms with Crippen molar-refractivity contribution in [2.45, 2.75) is 33.2 Å². The van der Waals surface area contributed by atoms with E-state index in [4.69, 9.17) is 18.9 Å². The van der Waals surface area contributed by atoms with Crippen LogP contribution < -0.4 is 14.2 Å². The molecule has 0 aliphatic carbocycles. The topological polar surface area (TPSA) is 74.3 Å². The number of carbonyl (C=O) groups excluding carboxylic acids is 2. The first kappa shape index (κ1) is 23.4. The normalized spacial score (nSPS) is 15.6. The van der Waals surface area contributed by atoms with Gasteiger partial charge in [-0.05, 0) is 53.9 Å². The quantitative estimate of drug-likeness (QED) is 0.630. The molecular formula is C25H31NO6. The molecule has 1 aliphatic rings. The number of benzene rings is 2. The van der Waals surface area contributed by atoms with E-state index in [0.717, 1.165) is 17.5 Å². The molecule has 0 N–H and O–H groups in total. The molecule has 0 saturated heterocycles. The standard InChI is InChI=1S/C25H31NO6/c1-25(2,3)24(28)26-12-11-17-13-21(29-4)22(30-5)14-19(17)20(26)15-32-18-9-7-16(8-10-18)23(27)31-6/h7-10,13-14,20H,11-12,15H2,1-6H3. The van der Waals surface area contributed by atoms with Gasteiger partial charge in [-0.3, -0.25) is 4.79 Å². The maximum absolute atomic E-state index is 13.2. The van der Waals surface area contributed by atoms with Gasteiger partial charge in [0.2, 0.25) is 5.91 Å². The van der Waals surface area contributed by atoms with Gasteiger partial charge in [0.15, 0.2) is 11.5 Å². The summed E-state index contributed by atoms with van der Waals surface area (Å²) in [5.74, 6) is 1.55. The Labute approximate surface area is 189 Å². The van der Waals surface area contributed by atoms with E-state index in [-0.39, 0.29) is 18.6 Å². The average molecular weight is 442 g/mol. The second-order valence-electron chi connectivity index (χ2n) is 8.75. The summed E-state index contributed by atoms with van der Waals surface area (Å²) in [5.41, 5.74) is 2.02. The predicted molar refractivity (Wildman–Crippen MR) is 120 cm³/mol. The molecule has 1 amide bonds. The summed E-state index contributed by atoms with van der Waals surface area (Å²) in [4.78, 5) is 26.8. The zero-order valence-corrected chi connectivity index (χ0v) is 19.6. The lowest BCUT2D eigenvalue weighted by atomic mass is 9.88. The Morgan fingerprint density at radius 2 is 1.62 bits per heavy atom. The van der Waals surface area contributed by atoms with Gasteiger partial charge in [-0.1, -0.05) is 20.8 Å². The van der Waals surface area contributed by atoms with Crippen molar-refractivity contribution in [2.75, 3.05) is 34.5 Å². The molecule has 1 atom stereocenters. The molecule has 7 heteroatoms. The SMILES string of the molecule is COC(=O)c1ccc(OCC2c3cc(OC)c(OC)cc3CCN2C(=O)C(C)(C)C)cc1. The van der Waals surface area contributed by atoms with E-state index in [1.165, 1.54) is 7.11 Å². The van der Waals surface area contributed by atoms with Gasteiger partial charge in [-0.15, -0.1) is 0 Å². The maximum Gasteiger partial charge on any atom is 0.337 e. The third kappa shape index (κ3) is 4.82. The molecule has 0 aromatic heterocycles. The highest BCUT2D eigenvalue weighted by Crippen LogP contribution is 2.39. The van der Waals surface area contributed by atoms with Crippen LogP contribution in [0.25, 0.3) is 0 Å². The Bertz CT molecular complexity index is 977. The number of carbonyl (C=O) groups is 2. The molecule has 0 spiro atoms. The molecule has 2 aromatic rings. The van der Waals surface area contributed by atoms with Gasteiger partial charge in [0.05, 0.1) is 32.9 Å². The van der Waals surface area contributed by atoms with Crippen molar-refractivity contribution in [3.8, 4) is 17.2 Å². The molecule has 2 aromatic carbocycles. The van der Waals surface area contributed by atoms with Crippen LogP contribution >= 0.6 is 0 Å². The molecule has 172 valence electrons. The number of ether oxygens (including phenoxy) is 4. The van der Waals surface area contributed by atoms with Crippen molar-refractivity contribution >= 4 is 11.9 Å². The summed E-state index contributed by atoms with van der Waals surface area (Å²) in [5, 5.41) is 0. The fourth-order valence-corrected chi connectivity index (χ4v) is 3.86. The van der Waals surface area contributed by atoms with Crippen molar-refractivity contribution in [1.82, 2.24) is 4.90 Å². The van der Waals surface area contributed by atoms with Crippen LogP contribution in [0.3, 0.4) is 0 Å². The van der Waals surface area contributed by atoms with Crippen LogP contribution in [-0.4, -0.2) is 51.3 Å². The van der Waals surface area contributed by atoms with Gasteiger partial charge in [0, 0.05) is 12.0 Å². The summed E-state index contributed by atoms with van der Waals surface area (Å²) in [7, 11) is 4.55. The number of hydrogen-bond donors (Lipinski definition) is 0. The number of amides is 1. The largest absolute Gasteiger partial charge is 0.493 e. The van der Waals surface area contributed by atoms with E-state index < -0.39 is 11.4 Å². The summed E-state index contributed by atoms with van der Waals surface area (Å²) in [6.07, 6.45) is 0.724. The lowest BCUT2D eigenvalue weighted by Gasteiger charge is -2.40. The van der Waals surface area contributed by atoms with Crippen molar-refractivity contribution in [3.05, 3.63) is 53.1 Å². The number of hydrogen-bond acceptors (Lipinski definition) is 6. The molecule has 7 nitrogen and oxygen atoms in total. The van der Waals surface area contributed by atoms with E-state index in [1.807, 2.05) is 37.8 Å². The Balaban J connectivity index is 1.92. The van der Waals surface area contributed by atoms with E-state index in [2.05, 4.69) is 0 Å². The molecule has 3 rings (SSSR count). The van der Waals surface area contributed by atoms with E-state index in [1.54, 1.807) is 38.5 Å². The van der Waals surface area contributed by atoms with E-state index in [9.17, 15) is 9.59 Å². The van der Waals surface area contributed by atoms with Crippen LogP contribution in [0.15, 0.2) is 36.4 Å². The minimum absolute atomic E-state index is 0.0626. The van der Waals surface area contributed by atoms with Crippen molar-refractivity contribution in [1.29, 1.82) is 0 Å². The highest BCUT2D eigenvalue weighted by Gasteiger charge is 2.37. The first-order chi connectivity index (χ1) is 15.2. The van der Waals surface area contributed by atoms with Gasteiger partial charge >= 0.3 is 5.97 Å². The molecule has 0 bridgehead atoms. The van der Waals surface area contributed by atoms with Gasteiger partial charge in [0.25, 0.3) is 0 Å². The second kappa shape index (κ2) is 9.51. The molecular weight excluding hydrogens is 410 g/mol. The molecule has 1 unspecified atom stereocenters. The van der Waals surface area contributed by atoms with Crippen LogP contribution in [0, 0.1) is 5.41 Å². The van der Waals surface area contributed by atoms with Crippen LogP contribution in [0.5, 0.6) is 17.2 Å². The van der Waals surface area contributed by atoms with Gasteiger partial charge in [-0.25, -0.2) is 4.79 Å². The lowest BCUT2D eigenvalue weighted by molar-refractivity contribution is -0.143. The fourth-order valence-electron chi connectivity index (χ4n) is 3.86. The third-order valence-corrected chi connectivity index (χ3v) is 5.59. The Hall–Kier alpha value is -3.22. The van der Waals surface area contributed by atoms with Crippen molar-refractivity contribution in [2.24, 2.45) is 5.41 Å². The average Bonchev–Trinajstić information content (AvgIpc) is 2.80. The minimum atomic E-state index is -0.519. The number of methoxy groups -OCH3 is 3. The molecule has 32 heavy (non-hydrogen) atoms. The Morgan fingerprint density at radius 1 is 1.00 bits per heavy atom. The van der Waals surface area contributed by atoms with Crippen LogP contribution in [0.2, 0.25) is 0 Å². The van der Waals surface area contributed by atoms with Gasteiger partial charge < -0.3 is 23.8 Å². The smallest absolute Gasteiger partial charge is 0.337 e. The first-order valence-electron chi connectivity index (χ1n) is 10.6. The number of rotatable bonds is 6. The van der Waals surface area contributed by atoms with Crippen molar-refractivity contribution < 1.29 is 28.5 Å². The van der Waals surface area contributed by atoms with E-state index >= 15 is 0 Å². The third-order valence-electron chi connectivity index (χ3n) is 5.59. The zero-order valence-electron chi connectivity index (χ0n) is 19.6. The molecule has 1 heterocycles. The molecule has 0 saturated carbocycles. The summed E-state index contributed by atoms with van der Waals surface area (Å²) < 4.78 is 21.8. The van der Waals surface area contributed by atoms with Gasteiger partial charge in [-0.2, -0.15) is 0 Å². The second-order valence-corrected chi connectivity index (χ2v) is 8.75. The van der Waals surface area contributed by atoms with Crippen LogP contribution in [-0.2, 0) is 16.0 Å². The lowest BCUT2D eigenvalue weighted by Crippen LogP contribution is -2.47. The van der Waals surface area contributed by atoms with Crippen LogP contribution in [0.4, 0.5) is 0 Å². The van der Waals surface area contributed by atoms with Crippen LogP contribution in [0.1, 0.15) is 48.3 Å². The highest BCUT2D eigenvalue weighted by atomic mass is 16.5. The summed E-state index contributed by atoms with van der Waals surface area (Å²) in [6, 6.07) is 10.4. The number of fused-ring (bicyclic) bond motifs is 1. The Morgan fingerprint density at radius 3 is 2.19 bits per heavy atom. The predicted octanol–water partition coefficient (Wildman–Crippen LogP) is 4.04. The van der Waals surface area contributed by atoms with Crippen molar-refractivity contribution in [3.63, 3.8) is 0 Å². The molecule has 1 aliphatic heterocycles. The summed E-state index contributed by atoms with van der Waals surface area (Å²) >= 11 is 0. The van der Waals surface area contributed by atoms with E-state index in [0.29, 0.717) is 29.4 Å². The highest BCUT2D eigenvalue weighted by molar-refractivity contribution is 5.89. The maximum atomic E-state index is 13.2. The summed E-state index contributed by atoms with van der Waals surface area (Å²) in [6.45, 7) is 6.62. The number of nitrogens with zero attached hydrogens (tertiary/aromatic N) is 1. The monoisotopic (exact) mass is 441 g/mol. The van der Waals surface area contributed by atoms with Gasteiger partial charge in [0.1, 0.15) is 12.4 Å². The first-order valence-corrected chi connectivity index (χ1v) is 10.6. The number of esters is 1.